The van der Waals surface area contributed by atoms with Crippen LogP contribution in [-0.2, 0) is 14.1 Å². The van der Waals surface area contributed by atoms with Crippen molar-refractivity contribution in [1.82, 2.24) is 24.0 Å². The van der Waals surface area contributed by atoms with Crippen molar-refractivity contribution in [1.29, 1.82) is 0 Å². The molecule has 21 heavy (non-hydrogen) atoms. The highest BCUT2D eigenvalue weighted by atomic mass is 16.3. The van der Waals surface area contributed by atoms with Gasteiger partial charge < -0.3 is 15.0 Å². The average molecular weight is 293 g/mol. The fourth-order valence-electron chi connectivity index (χ4n) is 2.97. The van der Waals surface area contributed by atoms with E-state index in [1.54, 1.807) is 18.5 Å². The molecule has 0 unspecified atom stereocenters. The molecule has 3 heterocycles. The molecule has 0 saturated carbocycles. The van der Waals surface area contributed by atoms with Crippen LogP contribution >= 0.6 is 0 Å². The Morgan fingerprint density at radius 1 is 1.38 bits per heavy atom. The molecule has 2 aromatic heterocycles. The molecular weight excluding hydrogens is 274 g/mol. The predicted molar refractivity (Wildman–Crippen MR) is 77.4 cm³/mol. The second-order valence-electron chi connectivity index (χ2n) is 5.86. The van der Waals surface area contributed by atoms with E-state index < -0.39 is 16.9 Å². The first kappa shape index (κ1) is 14.0. The van der Waals surface area contributed by atoms with E-state index in [9.17, 15) is 14.7 Å². The van der Waals surface area contributed by atoms with Crippen LogP contribution in [0.25, 0.3) is 11.2 Å². The van der Waals surface area contributed by atoms with Crippen molar-refractivity contribution in [3.63, 3.8) is 0 Å². The van der Waals surface area contributed by atoms with E-state index in [4.69, 9.17) is 0 Å². The molecule has 0 radical (unpaired) electrons. The van der Waals surface area contributed by atoms with Crippen molar-refractivity contribution in [2.45, 2.75) is 25.0 Å². The molecule has 2 N–H and O–H groups in total. The van der Waals surface area contributed by atoms with Gasteiger partial charge in [0.15, 0.2) is 11.2 Å². The predicted octanol–water partition coefficient (Wildman–Crippen LogP) is -1.28. The minimum Gasteiger partial charge on any atom is -0.388 e. The summed E-state index contributed by atoms with van der Waals surface area (Å²) in [5.41, 5.74) is -1.06. The summed E-state index contributed by atoms with van der Waals surface area (Å²) in [6.45, 7) is 3.04. The standard InChI is InChI=1S/C13H19N5O3/c1-13(21)4-5-14-6-8(13)18-7-15-10-9(18)11(19)17(3)12(20)16(10)2/h7-8,14,21H,4-6H2,1-3H3/t8-,13-/m0/s1. The molecule has 0 spiro atoms. The smallest absolute Gasteiger partial charge is 0.332 e. The molecule has 114 valence electrons. The van der Waals surface area contributed by atoms with Crippen LogP contribution in [0.15, 0.2) is 15.9 Å². The van der Waals surface area contributed by atoms with Crippen molar-refractivity contribution < 1.29 is 5.11 Å². The van der Waals surface area contributed by atoms with Crippen LogP contribution in [-0.4, -0.2) is 42.5 Å². The Morgan fingerprint density at radius 2 is 2.10 bits per heavy atom. The molecular formula is C13H19N5O3. The SMILES string of the molecule is Cn1c(=O)c2c(ncn2[C@H]2CNCC[C@]2(C)O)n(C)c1=O. The van der Waals surface area contributed by atoms with Gasteiger partial charge in [0.25, 0.3) is 5.56 Å². The summed E-state index contributed by atoms with van der Waals surface area (Å²) >= 11 is 0. The molecule has 1 saturated heterocycles. The van der Waals surface area contributed by atoms with Crippen LogP contribution in [0.3, 0.4) is 0 Å². The number of nitrogens with zero attached hydrogens (tertiary/aromatic N) is 4. The van der Waals surface area contributed by atoms with E-state index in [0.29, 0.717) is 24.1 Å². The molecule has 2 atom stereocenters. The lowest BCUT2D eigenvalue weighted by atomic mass is 9.89. The molecule has 0 bridgehead atoms. The zero-order chi connectivity index (χ0) is 15.4. The van der Waals surface area contributed by atoms with Gasteiger partial charge in [-0.15, -0.1) is 0 Å². The highest BCUT2D eigenvalue weighted by Crippen LogP contribution is 2.29. The molecule has 1 aliphatic rings. The molecule has 2 aromatic rings. The lowest BCUT2D eigenvalue weighted by molar-refractivity contribution is -0.0158. The third-order valence-electron chi connectivity index (χ3n) is 4.37. The van der Waals surface area contributed by atoms with Gasteiger partial charge in [0.05, 0.1) is 18.0 Å². The molecule has 3 rings (SSSR count). The summed E-state index contributed by atoms with van der Waals surface area (Å²) in [6, 6.07) is -0.304. The minimum atomic E-state index is -0.932. The number of piperidine rings is 1. The Morgan fingerprint density at radius 3 is 2.76 bits per heavy atom. The number of aryl methyl sites for hydroxylation is 1. The number of hydrogen-bond donors (Lipinski definition) is 2. The molecule has 1 fully saturated rings. The summed E-state index contributed by atoms with van der Waals surface area (Å²) in [6.07, 6.45) is 2.11. The van der Waals surface area contributed by atoms with E-state index in [1.807, 2.05) is 0 Å². The van der Waals surface area contributed by atoms with E-state index >= 15 is 0 Å². The number of fused-ring (bicyclic) bond motifs is 1. The first-order chi connectivity index (χ1) is 9.84. The molecule has 8 nitrogen and oxygen atoms in total. The summed E-state index contributed by atoms with van der Waals surface area (Å²) in [7, 11) is 3.03. The van der Waals surface area contributed by atoms with E-state index in [-0.39, 0.29) is 6.04 Å². The first-order valence-electron chi connectivity index (χ1n) is 6.90. The maximum atomic E-state index is 12.4. The second-order valence-corrected chi connectivity index (χ2v) is 5.86. The largest absolute Gasteiger partial charge is 0.388 e. The monoisotopic (exact) mass is 293 g/mol. The van der Waals surface area contributed by atoms with Crippen LogP contribution in [0.1, 0.15) is 19.4 Å². The van der Waals surface area contributed by atoms with E-state index in [0.717, 1.165) is 11.1 Å². The molecule has 8 heteroatoms. The van der Waals surface area contributed by atoms with Crippen LogP contribution in [0, 0.1) is 0 Å². The van der Waals surface area contributed by atoms with Crippen LogP contribution < -0.4 is 16.6 Å². The Hall–Kier alpha value is -1.93. The minimum absolute atomic E-state index is 0.304. The zero-order valence-corrected chi connectivity index (χ0v) is 12.3. The zero-order valence-electron chi connectivity index (χ0n) is 12.3. The third-order valence-corrected chi connectivity index (χ3v) is 4.37. The third kappa shape index (κ3) is 1.94. The highest BCUT2D eigenvalue weighted by molar-refractivity contribution is 5.70. The normalized spacial score (nSPS) is 26.4. The van der Waals surface area contributed by atoms with Crippen LogP contribution in [0.2, 0.25) is 0 Å². The van der Waals surface area contributed by atoms with Crippen molar-refractivity contribution in [2.24, 2.45) is 14.1 Å². The van der Waals surface area contributed by atoms with Gasteiger partial charge in [-0.1, -0.05) is 0 Å². The lowest BCUT2D eigenvalue weighted by Crippen LogP contribution is -2.49. The number of hydrogen-bond acceptors (Lipinski definition) is 5. The number of aromatic nitrogens is 4. The van der Waals surface area contributed by atoms with Gasteiger partial charge in [0.1, 0.15) is 0 Å². The fraction of sp³-hybridized carbons (Fsp3) is 0.615. The quantitative estimate of drug-likeness (QED) is 0.683. The average Bonchev–Trinajstić information content (AvgIpc) is 2.87. The number of aliphatic hydroxyl groups is 1. The van der Waals surface area contributed by atoms with E-state index in [2.05, 4.69) is 10.3 Å². The number of imidazole rings is 1. The van der Waals surface area contributed by atoms with Gasteiger partial charge in [0, 0.05) is 20.6 Å². The van der Waals surface area contributed by atoms with Crippen molar-refractivity contribution in [2.75, 3.05) is 13.1 Å². The maximum absolute atomic E-state index is 12.4. The van der Waals surface area contributed by atoms with Crippen molar-refractivity contribution >= 4 is 11.2 Å². The Labute approximate surface area is 120 Å². The van der Waals surface area contributed by atoms with Gasteiger partial charge in [0.2, 0.25) is 0 Å². The summed E-state index contributed by atoms with van der Waals surface area (Å²) in [4.78, 5) is 28.6. The summed E-state index contributed by atoms with van der Waals surface area (Å²) in [5.74, 6) is 0. The second kappa shape index (κ2) is 4.54. The maximum Gasteiger partial charge on any atom is 0.332 e. The summed E-state index contributed by atoms with van der Waals surface area (Å²) in [5, 5.41) is 13.8. The molecule has 0 aromatic carbocycles. The molecule has 0 aliphatic carbocycles. The number of nitrogens with one attached hydrogen (secondary N) is 1. The van der Waals surface area contributed by atoms with Gasteiger partial charge in [-0.3, -0.25) is 13.9 Å². The van der Waals surface area contributed by atoms with Crippen molar-refractivity contribution in [3.05, 3.63) is 27.2 Å². The van der Waals surface area contributed by atoms with Crippen molar-refractivity contribution in [3.8, 4) is 0 Å². The molecule has 1 aliphatic heterocycles. The topological polar surface area (TPSA) is 94.1 Å². The van der Waals surface area contributed by atoms with Gasteiger partial charge in [-0.2, -0.15) is 0 Å². The highest BCUT2D eigenvalue weighted by Gasteiger charge is 2.37. The van der Waals surface area contributed by atoms with E-state index in [1.165, 1.54) is 17.9 Å². The summed E-state index contributed by atoms with van der Waals surface area (Å²) < 4.78 is 4.09. The Balaban J connectivity index is 2.31. The molecule has 0 amide bonds. The van der Waals surface area contributed by atoms with Crippen LogP contribution in [0.5, 0.6) is 0 Å². The van der Waals surface area contributed by atoms with Gasteiger partial charge >= 0.3 is 5.69 Å². The van der Waals surface area contributed by atoms with Gasteiger partial charge in [-0.05, 0) is 19.9 Å². The fourth-order valence-corrected chi connectivity index (χ4v) is 2.97. The lowest BCUT2D eigenvalue weighted by Gasteiger charge is -2.38. The number of rotatable bonds is 1. The Kier molecular flexibility index (Phi) is 3.03. The van der Waals surface area contributed by atoms with Gasteiger partial charge in [-0.25, -0.2) is 9.78 Å². The first-order valence-corrected chi connectivity index (χ1v) is 6.90. The van der Waals surface area contributed by atoms with Crippen LogP contribution in [0.4, 0.5) is 0 Å². The Bertz CT molecular complexity index is 814.